The SMILES string of the molecule is c1ccc(-c2ncn([C@H]3CN4CCC3CC4)c2-c2cnc3ccccc3c2)cc1. The average Bonchev–Trinajstić information content (AvgIpc) is 3.25. The van der Waals surface area contributed by atoms with Crippen molar-refractivity contribution in [2.24, 2.45) is 5.92 Å². The maximum Gasteiger partial charge on any atom is 0.0963 e. The molecule has 3 aliphatic heterocycles. The van der Waals surface area contributed by atoms with Gasteiger partial charge in [-0.05, 0) is 44.0 Å². The maximum absolute atomic E-state index is 4.92. The number of aromatic nitrogens is 3. The zero-order valence-corrected chi connectivity index (χ0v) is 16.4. The van der Waals surface area contributed by atoms with Crippen LogP contribution in [0.15, 0.2) is 73.2 Å². The van der Waals surface area contributed by atoms with Crippen LogP contribution in [0.2, 0.25) is 0 Å². The van der Waals surface area contributed by atoms with Gasteiger partial charge in [0, 0.05) is 29.3 Å². The van der Waals surface area contributed by atoms with Gasteiger partial charge in [0.2, 0.25) is 0 Å². The molecule has 0 saturated carbocycles. The van der Waals surface area contributed by atoms with Crippen molar-refractivity contribution in [3.63, 3.8) is 0 Å². The summed E-state index contributed by atoms with van der Waals surface area (Å²) in [5.41, 5.74) is 5.60. The largest absolute Gasteiger partial charge is 0.325 e. The van der Waals surface area contributed by atoms with Gasteiger partial charge in [0.1, 0.15) is 0 Å². The van der Waals surface area contributed by atoms with Crippen LogP contribution in [0.1, 0.15) is 18.9 Å². The molecule has 4 nitrogen and oxygen atoms in total. The summed E-state index contributed by atoms with van der Waals surface area (Å²) < 4.78 is 2.45. The molecule has 3 fully saturated rings. The van der Waals surface area contributed by atoms with Gasteiger partial charge in [-0.15, -0.1) is 0 Å². The number of imidazole rings is 1. The van der Waals surface area contributed by atoms with E-state index in [0.717, 1.165) is 34.8 Å². The Morgan fingerprint density at radius 2 is 1.62 bits per heavy atom. The zero-order chi connectivity index (χ0) is 19.2. The summed E-state index contributed by atoms with van der Waals surface area (Å²) in [4.78, 5) is 12.3. The summed E-state index contributed by atoms with van der Waals surface area (Å²) in [6.45, 7) is 3.62. The van der Waals surface area contributed by atoms with E-state index in [1.807, 2.05) is 12.3 Å². The van der Waals surface area contributed by atoms with Gasteiger partial charge in [0.15, 0.2) is 0 Å². The highest BCUT2D eigenvalue weighted by atomic mass is 15.2. The fraction of sp³-hybridized carbons (Fsp3) is 0.280. The van der Waals surface area contributed by atoms with Crippen LogP contribution in [0.4, 0.5) is 0 Å². The zero-order valence-electron chi connectivity index (χ0n) is 16.4. The van der Waals surface area contributed by atoms with E-state index in [2.05, 4.69) is 70.4 Å². The van der Waals surface area contributed by atoms with Gasteiger partial charge in [-0.1, -0.05) is 48.5 Å². The second-order valence-corrected chi connectivity index (χ2v) is 8.34. The van der Waals surface area contributed by atoms with Crippen molar-refractivity contribution < 1.29 is 0 Å². The molecule has 7 rings (SSSR count). The van der Waals surface area contributed by atoms with Gasteiger partial charge in [-0.2, -0.15) is 0 Å². The third-order valence-corrected chi connectivity index (χ3v) is 6.68. The smallest absolute Gasteiger partial charge is 0.0963 e. The van der Waals surface area contributed by atoms with Gasteiger partial charge < -0.3 is 9.47 Å². The molecule has 0 unspecified atom stereocenters. The molecule has 29 heavy (non-hydrogen) atoms. The second-order valence-electron chi connectivity index (χ2n) is 8.34. The van der Waals surface area contributed by atoms with Crippen LogP contribution >= 0.6 is 0 Å². The summed E-state index contributed by atoms with van der Waals surface area (Å²) in [5.74, 6) is 0.741. The highest BCUT2D eigenvalue weighted by Gasteiger charge is 2.36. The van der Waals surface area contributed by atoms with Crippen LogP contribution in [0, 0.1) is 5.92 Å². The Bertz CT molecular complexity index is 1160. The summed E-state index contributed by atoms with van der Waals surface area (Å²) in [6, 6.07) is 21.6. The molecule has 0 N–H and O–H groups in total. The molecule has 5 heterocycles. The monoisotopic (exact) mass is 380 g/mol. The number of nitrogens with zero attached hydrogens (tertiary/aromatic N) is 4. The lowest BCUT2D eigenvalue weighted by Crippen LogP contribution is -2.48. The van der Waals surface area contributed by atoms with Gasteiger partial charge in [-0.3, -0.25) is 4.98 Å². The molecule has 3 saturated heterocycles. The van der Waals surface area contributed by atoms with E-state index < -0.39 is 0 Å². The number of piperidine rings is 3. The first-order chi connectivity index (χ1) is 14.4. The number of pyridine rings is 1. The number of para-hydroxylation sites is 1. The second kappa shape index (κ2) is 6.82. The minimum Gasteiger partial charge on any atom is -0.325 e. The van der Waals surface area contributed by atoms with Crippen LogP contribution in [0.3, 0.4) is 0 Å². The highest BCUT2D eigenvalue weighted by Crippen LogP contribution is 2.41. The minimum absolute atomic E-state index is 0.490. The third kappa shape index (κ3) is 2.87. The molecule has 4 heteroatoms. The number of benzene rings is 2. The van der Waals surface area contributed by atoms with E-state index in [9.17, 15) is 0 Å². The first-order valence-electron chi connectivity index (χ1n) is 10.6. The van der Waals surface area contributed by atoms with Crippen molar-refractivity contribution in [2.45, 2.75) is 18.9 Å². The van der Waals surface area contributed by atoms with E-state index in [1.54, 1.807) is 0 Å². The number of fused-ring (bicyclic) bond motifs is 4. The summed E-state index contributed by atoms with van der Waals surface area (Å²) in [6.07, 6.45) is 6.67. The first-order valence-corrected chi connectivity index (χ1v) is 10.6. The van der Waals surface area contributed by atoms with Crippen molar-refractivity contribution in [1.82, 2.24) is 19.4 Å². The molecule has 0 spiro atoms. The molecule has 4 aromatic rings. The van der Waals surface area contributed by atoms with Crippen LogP contribution in [-0.2, 0) is 0 Å². The Kier molecular flexibility index (Phi) is 3.98. The standard InChI is InChI=1S/C25H24N4/c1-2-6-19(7-3-1)24-25(21-14-20-8-4-5-9-22(20)26-15-21)29(17-27-24)23-16-28-12-10-18(23)11-13-28/h1-9,14-15,17-18,23H,10-13,16H2/t23-/m0/s1. The molecule has 2 bridgehead atoms. The summed E-state index contributed by atoms with van der Waals surface area (Å²) >= 11 is 0. The van der Waals surface area contributed by atoms with E-state index in [0.29, 0.717) is 6.04 Å². The van der Waals surface area contributed by atoms with Gasteiger partial charge in [0.25, 0.3) is 0 Å². The van der Waals surface area contributed by atoms with E-state index in [4.69, 9.17) is 9.97 Å². The van der Waals surface area contributed by atoms with Crippen molar-refractivity contribution in [1.29, 1.82) is 0 Å². The normalized spacial score (nSPS) is 23.5. The quantitative estimate of drug-likeness (QED) is 0.500. The predicted molar refractivity (Wildman–Crippen MR) is 117 cm³/mol. The van der Waals surface area contributed by atoms with E-state index >= 15 is 0 Å². The third-order valence-electron chi connectivity index (χ3n) is 6.68. The Hall–Kier alpha value is -2.98. The molecule has 2 aromatic carbocycles. The van der Waals surface area contributed by atoms with Gasteiger partial charge >= 0.3 is 0 Å². The Morgan fingerprint density at radius 1 is 0.828 bits per heavy atom. The van der Waals surface area contributed by atoms with Crippen LogP contribution < -0.4 is 0 Å². The molecule has 1 atom stereocenters. The topological polar surface area (TPSA) is 34.0 Å². The first kappa shape index (κ1) is 16.9. The maximum atomic E-state index is 4.92. The van der Waals surface area contributed by atoms with E-state index in [-0.39, 0.29) is 0 Å². The molecule has 3 aliphatic rings. The number of hydrogen-bond acceptors (Lipinski definition) is 3. The van der Waals surface area contributed by atoms with Crippen LogP contribution in [0.5, 0.6) is 0 Å². The van der Waals surface area contributed by atoms with Crippen molar-refractivity contribution >= 4 is 10.9 Å². The fourth-order valence-electron chi connectivity index (χ4n) is 5.16. The molecule has 0 aliphatic carbocycles. The van der Waals surface area contributed by atoms with Crippen molar-refractivity contribution in [3.8, 4) is 22.5 Å². The molecule has 144 valence electrons. The Morgan fingerprint density at radius 3 is 2.41 bits per heavy atom. The summed E-state index contributed by atoms with van der Waals surface area (Å²) in [5, 5.41) is 1.17. The molecule has 2 aromatic heterocycles. The summed E-state index contributed by atoms with van der Waals surface area (Å²) in [7, 11) is 0. The van der Waals surface area contributed by atoms with Crippen LogP contribution in [-0.4, -0.2) is 39.1 Å². The Labute approximate surface area is 170 Å². The number of hydrogen-bond donors (Lipinski definition) is 0. The average molecular weight is 380 g/mol. The molecular weight excluding hydrogens is 356 g/mol. The van der Waals surface area contributed by atoms with Crippen molar-refractivity contribution in [2.75, 3.05) is 19.6 Å². The molecular formula is C25H24N4. The van der Waals surface area contributed by atoms with Crippen molar-refractivity contribution in [3.05, 3.63) is 73.2 Å². The molecule has 0 radical (unpaired) electrons. The van der Waals surface area contributed by atoms with E-state index in [1.165, 1.54) is 37.0 Å². The predicted octanol–water partition coefficient (Wildman–Crippen LogP) is 5.03. The van der Waals surface area contributed by atoms with Gasteiger partial charge in [-0.25, -0.2) is 4.98 Å². The minimum atomic E-state index is 0.490. The highest BCUT2D eigenvalue weighted by molar-refractivity contribution is 5.86. The lowest BCUT2D eigenvalue weighted by molar-refractivity contribution is 0.0577. The molecule has 0 amide bonds. The van der Waals surface area contributed by atoms with Crippen LogP contribution in [0.25, 0.3) is 33.4 Å². The fourth-order valence-corrected chi connectivity index (χ4v) is 5.16. The Balaban J connectivity index is 1.54. The lowest BCUT2D eigenvalue weighted by Gasteiger charge is -2.45. The number of rotatable bonds is 3. The lowest BCUT2D eigenvalue weighted by atomic mass is 9.83. The van der Waals surface area contributed by atoms with Gasteiger partial charge in [0.05, 0.1) is 29.3 Å².